The van der Waals surface area contributed by atoms with E-state index >= 15 is 0 Å². The zero-order valence-corrected chi connectivity index (χ0v) is 38.2. The van der Waals surface area contributed by atoms with Crippen LogP contribution >= 0.6 is 7.82 Å². The quantitative estimate of drug-likeness (QED) is 0.0120. The molecule has 60 heavy (non-hydrogen) atoms. The van der Waals surface area contributed by atoms with Gasteiger partial charge >= 0.3 is 11.9 Å². The van der Waals surface area contributed by atoms with Crippen molar-refractivity contribution in [2.45, 2.75) is 160 Å². The first kappa shape index (κ1) is 57.3. The van der Waals surface area contributed by atoms with Gasteiger partial charge in [0.25, 0.3) is 7.82 Å². The van der Waals surface area contributed by atoms with Gasteiger partial charge in [0, 0.05) is 12.8 Å². The van der Waals surface area contributed by atoms with E-state index in [0.717, 1.165) is 19.3 Å². The number of ether oxygens (including phenoxy) is 2. The molecule has 0 amide bonds. The Morgan fingerprint density at radius 3 is 1.87 bits per heavy atom. The second kappa shape index (κ2) is 36.9. The highest BCUT2D eigenvalue weighted by Crippen LogP contribution is 2.38. The van der Waals surface area contributed by atoms with E-state index in [1.165, 1.54) is 76.0 Å². The molecular weight excluding hydrogens is 789 g/mol. The summed E-state index contributed by atoms with van der Waals surface area (Å²) in [5.74, 6) is -1.25. The summed E-state index contributed by atoms with van der Waals surface area (Å²) in [5.41, 5.74) is 0. The van der Waals surface area contributed by atoms with Gasteiger partial charge in [0.15, 0.2) is 6.10 Å². The highest BCUT2D eigenvalue weighted by Gasteiger charge is 2.22. The van der Waals surface area contributed by atoms with Gasteiger partial charge in [0.05, 0.1) is 52.2 Å². The third kappa shape index (κ3) is 40.7. The Morgan fingerprint density at radius 2 is 1.27 bits per heavy atom. The average molecular weight is 870 g/mol. The molecule has 0 aliphatic heterocycles. The van der Waals surface area contributed by atoms with Crippen molar-refractivity contribution >= 4 is 19.8 Å². The van der Waals surface area contributed by atoms with Crippen LogP contribution in [0, 0.1) is 0 Å². The molecule has 6 atom stereocenters. The molecule has 0 radical (unpaired) electrons. The Balaban J connectivity index is 4.78. The number of phosphoric acid groups is 1. The summed E-state index contributed by atoms with van der Waals surface area (Å²) >= 11 is 0. The van der Waals surface area contributed by atoms with Crippen molar-refractivity contribution in [3.63, 3.8) is 0 Å². The molecule has 4 N–H and O–H groups in total. The number of carbonyl (C=O) groups is 2. The van der Waals surface area contributed by atoms with Gasteiger partial charge in [-0.3, -0.25) is 14.2 Å². The summed E-state index contributed by atoms with van der Waals surface area (Å²) in [7, 11) is 0.901. The van der Waals surface area contributed by atoms with Gasteiger partial charge in [-0.2, -0.15) is 0 Å². The number of likely N-dealkylation sites (N-methyl/N-ethyl adjacent to an activating group) is 1. The topological polar surface area (TPSA) is 192 Å². The summed E-state index contributed by atoms with van der Waals surface area (Å²) in [5, 5.41) is 39.7. The van der Waals surface area contributed by atoms with E-state index < -0.39 is 63.5 Å². The first-order valence-corrected chi connectivity index (χ1v) is 23.5. The number of phosphoric ester groups is 1. The molecule has 346 valence electrons. The van der Waals surface area contributed by atoms with Crippen molar-refractivity contribution in [2.75, 3.05) is 47.5 Å². The molecule has 0 heterocycles. The molecule has 0 bridgehead atoms. The van der Waals surface area contributed by atoms with Crippen LogP contribution in [0.15, 0.2) is 72.9 Å². The standard InChI is InChI=1S/C46H80NO12P/c1-6-7-8-9-10-11-12-13-14-15-16-17-26-31-45(52)56-38-44(39-58-60(54,55)57-37-36-47(3,4)5)59-46(53)35-34-43(51)33-32-42(50)30-25-21-20-24-29-41(49)28-23-19-18-22-27-40(2)48/h19-25,27,29-30,32-33,40-44,48-51H,6-18,26,28,31,34-39H2,1-5H3/b21-20+,23-19+,27-22-,29-24-,30-25+,33-32+. The Morgan fingerprint density at radius 1 is 0.667 bits per heavy atom. The minimum absolute atomic E-state index is 0.0484. The minimum atomic E-state index is -4.74. The fourth-order valence-electron chi connectivity index (χ4n) is 5.48. The number of quaternary nitrogens is 1. The van der Waals surface area contributed by atoms with Crippen LogP contribution in [0.3, 0.4) is 0 Å². The van der Waals surface area contributed by atoms with Crippen LogP contribution in [0.4, 0.5) is 0 Å². The fourth-order valence-corrected chi connectivity index (χ4v) is 6.20. The van der Waals surface area contributed by atoms with Gasteiger partial charge in [-0.05, 0) is 32.6 Å². The normalized spacial score (nSPS) is 16.4. The molecule has 0 fully saturated rings. The van der Waals surface area contributed by atoms with E-state index in [1.54, 1.807) is 43.4 Å². The van der Waals surface area contributed by atoms with E-state index in [2.05, 4.69) is 6.92 Å². The number of allylic oxidation sites excluding steroid dienone is 6. The van der Waals surface area contributed by atoms with Crippen LogP contribution in [0.5, 0.6) is 0 Å². The van der Waals surface area contributed by atoms with E-state index in [9.17, 15) is 39.5 Å². The minimum Gasteiger partial charge on any atom is -0.756 e. The molecule has 13 nitrogen and oxygen atoms in total. The van der Waals surface area contributed by atoms with E-state index in [0.29, 0.717) is 30.3 Å². The van der Waals surface area contributed by atoms with Crippen molar-refractivity contribution in [3.05, 3.63) is 72.9 Å². The van der Waals surface area contributed by atoms with Crippen molar-refractivity contribution < 1.29 is 62.5 Å². The lowest BCUT2D eigenvalue weighted by Gasteiger charge is -2.28. The predicted octanol–water partition coefficient (Wildman–Crippen LogP) is 7.49. The first-order chi connectivity index (χ1) is 28.5. The SMILES string of the molecule is CCCCCCCCCCCCCCCC(=O)OCC(COP(=O)([O-])OCC[N+](C)(C)C)OC(=O)CCC(O)/C=C/C(O)/C=C/C=C/C=C\C(O)C/C=C/C/C=C\C(C)O. The van der Waals surface area contributed by atoms with Crippen molar-refractivity contribution in [1.82, 2.24) is 0 Å². The maximum Gasteiger partial charge on any atom is 0.306 e. The van der Waals surface area contributed by atoms with Gasteiger partial charge in [0.1, 0.15) is 19.8 Å². The van der Waals surface area contributed by atoms with Gasteiger partial charge in [-0.25, -0.2) is 0 Å². The lowest BCUT2D eigenvalue weighted by Crippen LogP contribution is -2.37. The summed E-state index contributed by atoms with van der Waals surface area (Å²) in [6.07, 6.45) is 31.7. The number of hydrogen-bond donors (Lipinski definition) is 4. The Labute approximate surface area is 361 Å². The molecule has 14 heteroatoms. The third-order valence-electron chi connectivity index (χ3n) is 9.02. The highest BCUT2D eigenvalue weighted by atomic mass is 31.2. The van der Waals surface area contributed by atoms with Crippen LogP contribution < -0.4 is 4.89 Å². The molecule has 6 unspecified atom stereocenters. The predicted molar refractivity (Wildman–Crippen MR) is 237 cm³/mol. The van der Waals surface area contributed by atoms with E-state index in [1.807, 2.05) is 39.4 Å². The number of unbranched alkanes of at least 4 members (excludes halogenated alkanes) is 12. The number of rotatable bonds is 38. The number of aliphatic hydroxyl groups excluding tert-OH is 4. The second-order valence-corrected chi connectivity index (χ2v) is 17.6. The zero-order valence-electron chi connectivity index (χ0n) is 37.3. The summed E-state index contributed by atoms with van der Waals surface area (Å²) in [4.78, 5) is 37.6. The number of nitrogens with zero attached hydrogens (tertiary/aromatic N) is 1. The van der Waals surface area contributed by atoms with E-state index in [-0.39, 0.29) is 25.9 Å². The first-order valence-electron chi connectivity index (χ1n) is 22.0. The van der Waals surface area contributed by atoms with Crippen molar-refractivity contribution in [3.8, 4) is 0 Å². The van der Waals surface area contributed by atoms with Gasteiger partial charge in [-0.1, -0.05) is 157 Å². The molecule has 0 aliphatic rings. The number of carbonyl (C=O) groups excluding carboxylic acids is 2. The number of hydrogen-bond acceptors (Lipinski definition) is 12. The smallest absolute Gasteiger partial charge is 0.306 e. The van der Waals surface area contributed by atoms with Crippen LogP contribution in [-0.2, 0) is 32.7 Å². The lowest BCUT2D eigenvalue weighted by atomic mass is 10.0. The maximum atomic E-state index is 12.7. The summed E-state index contributed by atoms with van der Waals surface area (Å²) in [6, 6.07) is 0. The molecule has 0 saturated heterocycles. The second-order valence-electron chi connectivity index (χ2n) is 16.2. The summed E-state index contributed by atoms with van der Waals surface area (Å²) < 4.78 is 33.5. The molecule has 0 spiro atoms. The molecule has 0 aliphatic carbocycles. The molecule has 0 aromatic rings. The van der Waals surface area contributed by atoms with Crippen LogP contribution in [0.25, 0.3) is 0 Å². The Hall–Kier alpha value is -2.71. The molecule has 0 aromatic heterocycles. The van der Waals surface area contributed by atoms with E-state index in [4.69, 9.17) is 18.5 Å². The van der Waals surface area contributed by atoms with Crippen LogP contribution in [0.2, 0.25) is 0 Å². The molecule has 0 rings (SSSR count). The lowest BCUT2D eigenvalue weighted by molar-refractivity contribution is -0.870. The van der Waals surface area contributed by atoms with Gasteiger partial charge < -0.3 is 48.3 Å². The summed E-state index contributed by atoms with van der Waals surface area (Å²) in [6.45, 7) is 3.18. The van der Waals surface area contributed by atoms with Gasteiger partial charge in [0.2, 0.25) is 0 Å². The zero-order chi connectivity index (χ0) is 44.9. The van der Waals surface area contributed by atoms with Crippen LogP contribution in [-0.4, -0.2) is 115 Å². The van der Waals surface area contributed by atoms with Crippen molar-refractivity contribution in [2.24, 2.45) is 0 Å². The molecule has 0 aromatic carbocycles. The fraction of sp³-hybridized carbons (Fsp3) is 0.696. The molecular formula is C46H80NO12P. The monoisotopic (exact) mass is 870 g/mol. The van der Waals surface area contributed by atoms with Crippen LogP contribution in [0.1, 0.15) is 129 Å². The third-order valence-corrected chi connectivity index (χ3v) is 9.99. The number of esters is 2. The maximum absolute atomic E-state index is 12.7. The largest absolute Gasteiger partial charge is 0.756 e. The van der Waals surface area contributed by atoms with Crippen molar-refractivity contribution in [1.29, 1.82) is 0 Å². The number of aliphatic hydroxyl groups is 4. The average Bonchev–Trinajstić information content (AvgIpc) is 3.18. The van der Waals surface area contributed by atoms with Gasteiger partial charge in [-0.15, -0.1) is 0 Å². The molecule has 0 saturated carbocycles. The highest BCUT2D eigenvalue weighted by molar-refractivity contribution is 7.45. The Bertz CT molecular complexity index is 1320. The Kier molecular flexibility index (Phi) is 35.2.